The first-order valence-electron chi connectivity index (χ1n) is 8.17. The van der Waals surface area contributed by atoms with Gasteiger partial charge in [-0.3, -0.25) is 4.90 Å². The van der Waals surface area contributed by atoms with Crippen molar-refractivity contribution in [2.75, 3.05) is 32.1 Å². The number of hydrogen-bond acceptors (Lipinski definition) is 2. The summed E-state index contributed by atoms with van der Waals surface area (Å²) in [5.74, 6) is 0. The average molecular weight is 343 g/mol. The summed E-state index contributed by atoms with van der Waals surface area (Å²) >= 11 is 0. The molecule has 2 rings (SSSR count). The van der Waals surface area contributed by atoms with E-state index in [0.29, 0.717) is 13.1 Å². The molecule has 0 spiro atoms. The number of hydrogen-bond donors (Lipinski definition) is 1. The Morgan fingerprint density at radius 2 is 1.88 bits per heavy atom. The zero-order valence-electron chi connectivity index (χ0n) is 14.1. The molecule has 0 atom stereocenters. The molecule has 0 aromatic heterocycles. The lowest BCUT2D eigenvalue weighted by atomic mass is 10.2. The summed E-state index contributed by atoms with van der Waals surface area (Å²) in [6.45, 7) is 0.890. The summed E-state index contributed by atoms with van der Waals surface area (Å²) in [6, 6.07) is 4.71. The number of likely N-dealkylation sites (N-methyl/N-ethyl adjacent to an activating group) is 1. The van der Waals surface area contributed by atoms with E-state index in [2.05, 4.69) is 5.32 Å². The van der Waals surface area contributed by atoms with Crippen molar-refractivity contribution >= 4 is 11.7 Å². The second kappa shape index (κ2) is 7.88. The normalized spacial score (nSPS) is 15.8. The number of halogens is 3. The quantitative estimate of drug-likeness (QED) is 0.884. The van der Waals surface area contributed by atoms with E-state index >= 15 is 0 Å². The Hall–Kier alpha value is -1.76. The van der Waals surface area contributed by atoms with Crippen LogP contribution in [0.25, 0.3) is 0 Å². The average Bonchev–Trinajstić information content (AvgIpc) is 2.99. The van der Waals surface area contributed by atoms with Crippen LogP contribution >= 0.6 is 0 Å². The Bertz CT molecular complexity index is 554. The monoisotopic (exact) mass is 343 g/mol. The van der Waals surface area contributed by atoms with Crippen molar-refractivity contribution in [3.63, 3.8) is 0 Å². The van der Waals surface area contributed by atoms with Crippen molar-refractivity contribution in [1.82, 2.24) is 10.2 Å². The van der Waals surface area contributed by atoms with Crippen LogP contribution in [0.5, 0.6) is 0 Å². The molecule has 1 fully saturated rings. The van der Waals surface area contributed by atoms with Gasteiger partial charge in [0.25, 0.3) is 0 Å². The molecule has 1 aliphatic carbocycles. The van der Waals surface area contributed by atoms with E-state index in [1.54, 1.807) is 6.07 Å². The van der Waals surface area contributed by atoms with Crippen molar-refractivity contribution in [2.45, 2.75) is 37.9 Å². The van der Waals surface area contributed by atoms with Gasteiger partial charge < -0.3 is 10.2 Å². The lowest BCUT2D eigenvalue weighted by molar-refractivity contribution is -0.137. The Morgan fingerprint density at radius 1 is 1.21 bits per heavy atom. The fourth-order valence-corrected chi connectivity index (χ4v) is 2.82. The predicted molar refractivity (Wildman–Crippen MR) is 88.1 cm³/mol. The van der Waals surface area contributed by atoms with Gasteiger partial charge >= 0.3 is 12.2 Å². The highest BCUT2D eigenvalue weighted by molar-refractivity contribution is 5.92. The predicted octanol–water partition coefficient (Wildman–Crippen LogP) is 3.73. The molecule has 4 nitrogen and oxygen atoms in total. The first-order chi connectivity index (χ1) is 11.3. The van der Waals surface area contributed by atoms with E-state index in [0.717, 1.165) is 37.8 Å². The third-order valence-electron chi connectivity index (χ3n) is 4.18. The molecule has 1 N–H and O–H groups in total. The van der Waals surface area contributed by atoms with Crippen molar-refractivity contribution in [1.29, 1.82) is 0 Å². The van der Waals surface area contributed by atoms with Crippen molar-refractivity contribution < 1.29 is 18.0 Å². The number of nitrogens with zero attached hydrogens (tertiary/aromatic N) is 2. The maximum Gasteiger partial charge on any atom is 0.416 e. The van der Waals surface area contributed by atoms with Crippen LogP contribution in [0.2, 0.25) is 0 Å². The smallest absolute Gasteiger partial charge is 0.335 e. The van der Waals surface area contributed by atoms with Gasteiger partial charge in [0.05, 0.1) is 5.56 Å². The summed E-state index contributed by atoms with van der Waals surface area (Å²) in [5.41, 5.74) is -0.481. The first kappa shape index (κ1) is 18.6. The highest BCUT2D eigenvalue weighted by atomic mass is 19.4. The van der Waals surface area contributed by atoms with Crippen LogP contribution in [-0.2, 0) is 6.18 Å². The fourth-order valence-electron chi connectivity index (χ4n) is 2.82. The molecule has 0 saturated heterocycles. The molecule has 1 aromatic carbocycles. The van der Waals surface area contributed by atoms with Crippen molar-refractivity contribution in [3.8, 4) is 0 Å². The van der Waals surface area contributed by atoms with Gasteiger partial charge in [-0.1, -0.05) is 18.9 Å². The van der Waals surface area contributed by atoms with E-state index < -0.39 is 11.7 Å². The van der Waals surface area contributed by atoms with Gasteiger partial charge in [-0.2, -0.15) is 13.2 Å². The SMILES string of the molecule is CN(C)CCN(C(=O)NC1CCCC1)c1cccc(C(F)(F)F)c1. The van der Waals surface area contributed by atoms with Gasteiger partial charge in [0.1, 0.15) is 0 Å². The van der Waals surface area contributed by atoms with Gasteiger partial charge in [0, 0.05) is 24.8 Å². The van der Waals surface area contributed by atoms with Gasteiger partial charge in [0.2, 0.25) is 0 Å². The summed E-state index contributed by atoms with van der Waals surface area (Å²) in [5, 5.41) is 2.95. The number of urea groups is 1. The fraction of sp³-hybridized carbons (Fsp3) is 0.588. The molecule has 24 heavy (non-hydrogen) atoms. The van der Waals surface area contributed by atoms with Gasteiger partial charge in [-0.05, 0) is 45.1 Å². The topological polar surface area (TPSA) is 35.6 Å². The van der Waals surface area contributed by atoms with E-state index in [1.807, 2.05) is 19.0 Å². The lowest BCUT2D eigenvalue weighted by Gasteiger charge is -2.27. The van der Waals surface area contributed by atoms with Gasteiger partial charge in [0.15, 0.2) is 0 Å². The number of amides is 2. The second-order valence-electron chi connectivity index (χ2n) is 6.43. The van der Waals surface area contributed by atoms with E-state index in [9.17, 15) is 18.0 Å². The molecule has 2 amide bonds. The Morgan fingerprint density at radius 3 is 2.46 bits per heavy atom. The molecule has 0 heterocycles. The number of nitrogens with one attached hydrogen (secondary N) is 1. The van der Waals surface area contributed by atoms with Crippen LogP contribution in [0.3, 0.4) is 0 Å². The molecule has 7 heteroatoms. The second-order valence-corrected chi connectivity index (χ2v) is 6.43. The third-order valence-corrected chi connectivity index (χ3v) is 4.18. The minimum absolute atomic E-state index is 0.116. The minimum Gasteiger partial charge on any atom is -0.335 e. The number of anilines is 1. The zero-order chi connectivity index (χ0) is 17.7. The van der Waals surface area contributed by atoms with Gasteiger partial charge in [-0.15, -0.1) is 0 Å². The van der Waals surface area contributed by atoms with E-state index in [1.165, 1.54) is 11.0 Å². The van der Waals surface area contributed by atoms with Crippen molar-refractivity contribution in [2.24, 2.45) is 0 Å². The molecule has 0 unspecified atom stereocenters. The highest BCUT2D eigenvalue weighted by Gasteiger charge is 2.31. The Kier molecular flexibility index (Phi) is 6.10. The molecule has 1 aliphatic rings. The molecule has 0 aliphatic heterocycles. The van der Waals surface area contributed by atoms with Crippen LogP contribution < -0.4 is 10.2 Å². The molecular weight excluding hydrogens is 319 g/mol. The third kappa shape index (κ3) is 5.12. The van der Waals surface area contributed by atoms with Gasteiger partial charge in [-0.25, -0.2) is 4.79 Å². The molecule has 134 valence electrons. The summed E-state index contributed by atoms with van der Waals surface area (Å²) in [4.78, 5) is 15.9. The maximum atomic E-state index is 12.9. The standard InChI is InChI=1S/C17H24F3N3O/c1-22(2)10-11-23(16(24)21-14-7-3-4-8-14)15-9-5-6-13(12-15)17(18,19)20/h5-6,9,12,14H,3-4,7-8,10-11H2,1-2H3,(H,21,24). The van der Waals surface area contributed by atoms with Crippen LogP contribution in [0, 0.1) is 0 Å². The van der Waals surface area contributed by atoms with Crippen LogP contribution in [-0.4, -0.2) is 44.2 Å². The number of alkyl halides is 3. The number of rotatable bonds is 5. The number of carbonyl (C=O) groups excluding carboxylic acids is 1. The largest absolute Gasteiger partial charge is 0.416 e. The maximum absolute atomic E-state index is 12.9. The molecule has 1 saturated carbocycles. The van der Waals surface area contributed by atoms with E-state index in [-0.39, 0.29) is 17.8 Å². The van der Waals surface area contributed by atoms with Crippen LogP contribution in [0.1, 0.15) is 31.2 Å². The number of benzene rings is 1. The Balaban J connectivity index is 2.19. The highest BCUT2D eigenvalue weighted by Crippen LogP contribution is 2.31. The van der Waals surface area contributed by atoms with E-state index in [4.69, 9.17) is 0 Å². The summed E-state index contributed by atoms with van der Waals surface area (Å²) in [7, 11) is 3.72. The summed E-state index contributed by atoms with van der Waals surface area (Å²) in [6.07, 6.45) is -0.421. The van der Waals surface area contributed by atoms with Crippen LogP contribution in [0.15, 0.2) is 24.3 Å². The molecular formula is C17H24F3N3O. The van der Waals surface area contributed by atoms with Crippen LogP contribution in [0.4, 0.5) is 23.7 Å². The number of carbonyl (C=O) groups is 1. The molecule has 0 bridgehead atoms. The van der Waals surface area contributed by atoms with Crippen molar-refractivity contribution in [3.05, 3.63) is 29.8 Å². The zero-order valence-corrected chi connectivity index (χ0v) is 14.1. The summed E-state index contributed by atoms with van der Waals surface area (Å²) < 4.78 is 38.8. The molecule has 1 aromatic rings. The minimum atomic E-state index is -4.43. The first-order valence-corrected chi connectivity index (χ1v) is 8.17. The molecule has 0 radical (unpaired) electrons. The Labute approximate surface area is 140 Å². The lowest BCUT2D eigenvalue weighted by Crippen LogP contribution is -2.46.